The molecule has 0 atom stereocenters. The highest BCUT2D eigenvalue weighted by molar-refractivity contribution is 4.72. The van der Waals surface area contributed by atoms with Crippen molar-refractivity contribution < 1.29 is 14.9 Å². The number of rotatable bonds is 7. The topological polar surface area (TPSA) is 61.7 Å². The van der Waals surface area contributed by atoms with E-state index in [-0.39, 0.29) is 12.7 Å². The van der Waals surface area contributed by atoms with E-state index in [1.165, 1.54) is 0 Å². The van der Waals surface area contributed by atoms with E-state index in [1.54, 1.807) is 0 Å². The minimum atomic E-state index is -0.0610. The molecule has 1 aliphatic carbocycles. The molecule has 4 nitrogen and oxygen atoms in total. The molecule has 3 N–H and O–H groups in total. The van der Waals surface area contributed by atoms with Gasteiger partial charge in [0.05, 0.1) is 25.9 Å². The van der Waals surface area contributed by atoms with Crippen molar-refractivity contribution in [2.75, 3.05) is 32.9 Å². The molecule has 0 spiro atoms. The van der Waals surface area contributed by atoms with Gasteiger partial charge in [-0.25, -0.2) is 0 Å². The fourth-order valence-corrected chi connectivity index (χ4v) is 1.97. The van der Waals surface area contributed by atoms with Crippen LogP contribution in [-0.4, -0.2) is 49.2 Å². The first-order chi connectivity index (χ1) is 7.33. The number of aliphatic hydroxyl groups excluding tert-OH is 2. The van der Waals surface area contributed by atoms with Crippen LogP contribution in [0, 0.1) is 5.92 Å². The number of hydrogen-bond donors (Lipinski definition) is 3. The van der Waals surface area contributed by atoms with Crippen LogP contribution in [0.15, 0.2) is 0 Å². The standard InChI is InChI=1S/C11H23NO3/c13-6-8-15-7-5-12-9-10-1-3-11(14)4-2-10/h10-14H,1-9H2. The average molecular weight is 217 g/mol. The van der Waals surface area contributed by atoms with Gasteiger partial charge < -0.3 is 20.3 Å². The first-order valence-corrected chi connectivity index (χ1v) is 5.90. The Bertz CT molecular complexity index is 147. The van der Waals surface area contributed by atoms with Gasteiger partial charge in [-0.2, -0.15) is 0 Å². The fourth-order valence-electron chi connectivity index (χ4n) is 1.97. The highest BCUT2D eigenvalue weighted by atomic mass is 16.5. The zero-order chi connectivity index (χ0) is 10.9. The van der Waals surface area contributed by atoms with E-state index in [4.69, 9.17) is 9.84 Å². The van der Waals surface area contributed by atoms with Gasteiger partial charge in [0.1, 0.15) is 0 Å². The Morgan fingerprint density at radius 3 is 2.53 bits per heavy atom. The molecule has 0 aromatic carbocycles. The Morgan fingerprint density at radius 2 is 1.87 bits per heavy atom. The highest BCUT2D eigenvalue weighted by Gasteiger charge is 2.18. The van der Waals surface area contributed by atoms with Crippen LogP contribution in [0.4, 0.5) is 0 Å². The first kappa shape index (κ1) is 12.9. The minimum Gasteiger partial charge on any atom is -0.394 e. The molecule has 1 saturated carbocycles. The molecule has 90 valence electrons. The van der Waals surface area contributed by atoms with Crippen molar-refractivity contribution in [1.82, 2.24) is 5.32 Å². The second-order valence-electron chi connectivity index (χ2n) is 4.21. The molecule has 0 aromatic rings. The van der Waals surface area contributed by atoms with Crippen molar-refractivity contribution in [3.8, 4) is 0 Å². The third-order valence-electron chi connectivity index (χ3n) is 2.91. The van der Waals surface area contributed by atoms with Crippen LogP contribution < -0.4 is 5.32 Å². The van der Waals surface area contributed by atoms with Gasteiger partial charge in [-0.05, 0) is 38.1 Å². The molecule has 1 aliphatic rings. The van der Waals surface area contributed by atoms with E-state index in [0.717, 1.165) is 38.8 Å². The normalized spacial score (nSPS) is 26.8. The summed E-state index contributed by atoms with van der Waals surface area (Å²) in [4.78, 5) is 0. The molecular weight excluding hydrogens is 194 g/mol. The summed E-state index contributed by atoms with van der Waals surface area (Å²) < 4.78 is 5.14. The summed E-state index contributed by atoms with van der Waals surface area (Å²) in [6, 6.07) is 0. The monoisotopic (exact) mass is 217 g/mol. The van der Waals surface area contributed by atoms with Gasteiger partial charge in [-0.15, -0.1) is 0 Å². The highest BCUT2D eigenvalue weighted by Crippen LogP contribution is 2.23. The molecule has 0 amide bonds. The van der Waals surface area contributed by atoms with Gasteiger partial charge in [-0.1, -0.05) is 0 Å². The molecule has 1 fully saturated rings. The van der Waals surface area contributed by atoms with E-state index < -0.39 is 0 Å². The Labute approximate surface area is 91.6 Å². The lowest BCUT2D eigenvalue weighted by Gasteiger charge is -2.25. The molecule has 0 unspecified atom stereocenters. The average Bonchev–Trinajstić information content (AvgIpc) is 2.26. The van der Waals surface area contributed by atoms with Crippen LogP contribution in [0.3, 0.4) is 0 Å². The second-order valence-corrected chi connectivity index (χ2v) is 4.21. The van der Waals surface area contributed by atoms with Crippen molar-refractivity contribution >= 4 is 0 Å². The maximum absolute atomic E-state index is 9.33. The largest absolute Gasteiger partial charge is 0.394 e. The Hall–Kier alpha value is -0.160. The summed E-state index contributed by atoms with van der Waals surface area (Å²) in [5.74, 6) is 0.714. The smallest absolute Gasteiger partial charge is 0.0698 e. The van der Waals surface area contributed by atoms with Gasteiger partial charge in [0.2, 0.25) is 0 Å². The molecule has 0 bridgehead atoms. The summed E-state index contributed by atoms with van der Waals surface area (Å²) in [6.45, 7) is 3.06. The van der Waals surface area contributed by atoms with Gasteiger partial charge in [0, 0.05) is 6.54 Å². The third-order valence-corrected chi connectivity index (χ3v) is 2.91. The summed E-state index contributed by atoms with van der Waals surface area (Å²) in [5.41, 5.74) is 0. The van der Waals surface area contributed by atoms with Crippen molar-refractivity contribution in [1.29, 1.82) is 0 Å². The van der Waals surface area contributed by atoms with E-state index in [0.29, 0.717) is 19.1 Å². The Balaban J connectivity index is 1.87. The van der Waals surface area contributed by atoms with E-state index in [2.05, 4.69) is 5.32 Å². The number of aliphatic hydroxyl groups is 2. The van der Waals surface area contributed by atoms with Crippen LogP contribution in [0.5, 0.6) is 0 Å². The maximum atomic E-state index is 9.33. The summed E-state index contributed by atoms with van der Waals surface area (Å²) >= 11 is 0. The van der Waals surface area contributed by atoms with Crippen molar-refractivity contribution in [2.45, 2.75) is 31.8 Å². The lowest BCUT2D eigenvalue weighted by molar-refractivity contribution is 0.0901. The number of ether oxygens (including phenoxy) is 1. The Kier molecular flexibility index (Phi) is 6.92. The zero-order valence-electron chi connectivity index (χ0n) is 9.32. The van der Waals surface area contributed by atoms with Gasteiger partial charge in [-0.3, -0.25) is 0 Å². The summed E-state index contributed by atoms with van der Waals surface area (Å²) in [6.07, 6.45) is 4.10. The van der Waals surface area contributed by atoms with Crippen LogP contribution in [0.25, 0.3) is 0 Å². The van der Waals surface area contributed by atoms with Crippen LogP contribution in [0.1, 0.15) is 25.7 Å². The summed E-state index contributed by atoms with van der Waals surface area (Å²) in [7, 11) is 0. The van der Waals surface area contributed by atoms with Crippen molar-refractivity contribution in [3.05, 3.63) is 0 Å². The molecule has 0 heterocycles. The van der Waals surface area contributed by atoms with Crippen molar-refractivity contribution in [2.24, 2.45) is 5.92 Å². The fraction of sp³-hybridized carbons (Fsp3) is 1.00. The van der Waals surface area contributed by atoms with Crippen molar-refractivity contribution in [3.63, 3.8) is 0 Å². The molecule has 0 radical (unpaired) electrons. The number of hydrogen-bond acceptors (Lipinski definition) is 4. The predicted octanol–water partition coefficient (Wildman–Crippen LogP) is 0.136. The van der Waals surface area contributed by atoms with Gasteiger partial charge in [0.25, 0.3) is 0 Å². The van der Waals surface area contributed by atoms with E-state index >= 15 is 0 Å². The number of nitrogens with one attached hydrogen (secondary N) is 1. The quantitative estimate of drug-likeness (QED) is 0.531. The first-order valence-electron chi connectivity index (χ1n) is 5.90. The van der Waals surface area contributed by atoms with E-state index in [9.17, 15) is 5.11 Å². The van der Waals surface area contributed by atoms with Gasteiger partial charge in [0.15, 0.2) is 0 Å². The van der Waals surface area contributed by atoms with Gasteiger partial charge >= 0.3 is 0 Å². The molecule has 4 heteroatoms. The lowest BCUT2D eigenvalue weighted by Crippen LogP contribution is -2.30. The van der Waals surface area contributed by atoms with E-state index in [1.807, 2.05) is 0 Å². The molecule has 0 aromatic heterocycles. The predicted molar refractivity (Wildman–Crippen MR) is 58.7 cm³/mol. The SMILES string of the molecule is OCCOCCNCC1CCC(O)CC1. The van der Waals surface area contributed by atoms with Crippen LogP contribution in [-0.2, 0) is 4.74 Å². The lowest BCUT2D eigenvalue weighted by atomic mass is 9.87. The minimum absolute atomic E-state index is 0.0610. The molecule has 0 aliphatic heterocycles. The molecular formula is C11H23NO3. The molecule has 0 saturated heterocycles. The molecule has 15 heavy (non-hydrogen) atoms. The second kappa shape index (κ2) is 8.05. The summed E-state index contributed by atoms with van der Waals surface area (Å²) in [5, 5.41) is 21.2. The Morgan fingerprint density at radius 1 is 1.13 bits per heavy atom. The maximum Gasteiger partial charge on any atom is 0.0698 e. The zero-order valence-corrected chi connectivity index (χ0v) is 9.32. The van der Waals surface area contributed by atoms with Crippen LogP contribution >= 0.6 is 0 Å². The third kappa shape index (κ3) is 6.10. The molecule has 1 rings (SSSR count). The van der Waals surface area contributed by atoms with Crippen LogP contribution in [0.2, 0.25) is 0 Å².